The lowest BCUT2D eigenvalue weighted by molar-refractivity contribution is -0.129. The quantitative estimate of drug-likeness (QED) is 0.785. The first kappa shape index (κ1) is 18.4. The zero-order valence-corrected chi connectivity index (χ0v) is 16.1. The molecule has 0 radical (unpaired) electrons. The van der Waals surface area contributed by atoms with E-state index in [1.807, 2.05) is 29.2 Å². The van der Waals surface area contributed by atoms with Crippen LogP contribution in [0.15, 0.2) is 59.1 Å². The van der Waals surface area contributed by atoms with Crippen molar-refractivity contribution in [3.63, 3.8) is 0 Å². The Kier molecular flexibility index (Phi) is 4.97. The van der Waals surface area contributed by atoms with Gasteiger partial charge in [0.25, 0.3) is 0 Å². The Morgan fingerprint density at radius 2 is 2.07 bits per heavy atom. The van der Waals surface area contributed by atoms with E-state index in [9.17, 15) is 14.4 Å². The Balaban J connectivity index is 1.68. The van der Waals surface area contributed by atoms with E-state index in [-0.39, 0.29) is 30.7 Å². The van der Waals surface area contributed by atoms with Gasteiger partial charge >= 0.3 is 0 Å². The number of hydrogen-bond donors (Lipinski definition) is 0. The molecule has 2 aliphatic rings. The Hall–Kier alpha value is -2.98. The topological polar surface area (TPSA) is 56.6 Å². The van der Waals surface area contributed by atoms with Crippen molar-refractivity contribution in [3.8, 4) is 11.8 Å². The summed E-state index contributed by atoms with van der Waals surface area (Å²) >= 11 is 1.39. The number of ether oxygens (including phenoxy) is 1. The average molecular weight is 395 g/mol. The molecule has 1 fully saturated rings. The largest absolute Gasteiger partial charge is 0.497 e. The first-order chi connectivity index (χ1) is 13.6. The maximum Gasteiger partial charge on any atom is 0.229 e. The number of rotatable bonds is 3. The van der Waals surface area contributed by atoms with E-state index in [2.05, 4.69) is 6.07 Å². The minimum atomic E-state index is -0.324. The molecule has 1 saturated heterocycles. The Morgan fingerprint density at radius 1 is 1.25 bits per heavy atom. The average Bonchev–Trinajstić information content (AvgIpc) is 2.74. The van der Waals surface area contributed by atoms with Crippen molar-refractivity contribution in [2.24, 2.45) is 0 Å². The highest BCUT2D eigenvalue weighted by Gasteiger charge is 2.38. The van der Waals surface area contributed by atoms with E-state index < -0.39 is 0 Å². The van der Waals surface area contributed by atoms with E-state index >= 15 is 0 Å². The third kappa shape index (κ3) is 3.20. The summed E-state index contributed by atoms with van der Waals surface area (Å²) in [6.07, 6.45) is 0.200. The highest BCUT2D eigenvalue weighted by Crippen LogP contribution is 2.43. The second-order valence-electron chi connectivity index (χ2n) is 6.59. The normalized spacial score (nSPS) is 19.3. The van der Waals surface area contributed by atoms with Gasteiger partial charge in [0.1, 0.15) is 11.6 Å². The van der Waals surface area contributed by atoms with Gasteiger partial charge in [-0.3, -0.25) is 9.69 Å². The lowest BCUT2D eigenvalue weighted by Crippen LogP contribution is -2.47. The second-order valence-corrected chi connectivity index (χ2v) is 7.53. The standard InChI is InChI=1S/C21H18FN3O2S/c1-27-15-6-4-5-14(9-15)16-10-20(26)25-12-24(13-28-21(25)17(16)11-23)19-8-3-2-7-18(19)22/h2-9,16H,10,12-13H2,1H3/t16-/m1/s1. The summed E-state index contributed by atoms with van der Waals surface area (Å²) in [7, 11) is 1.59. The molecule has 2 aliphatic heterocycles. The van der Waals surface area contributed by atoms with Gasteiger partial charge in [0.05, 0.1) is 42.0 Å². The van der Waals surface area contributed by atoms with Gasteiger partial charge in [-0.05, 0) is 29.8 Å². The van der Waals surface area contributed by atoms with Gasteiger partial charge in [-0.1, -0.05) is 36.0 Å². The van der Waals surface area contributed by atoms with Crippen LogP contribution >= 0.6 is 11.8 Å². The van der Waals surface area contributed by atoms with Crippen molar-refractivity contribution in [1.82, 2.24) is 4.90 Å². The number of anilines is 1. The van der Waals surface area contributed by atoms with Crippen LogP contribution in [0.1, 0.15) is 17.9 Å². The monoisotopic (exact) mass is 395 g/mol. The van der Waals surface area contributed by atoms with E-state index in [1.54, 1.807) is 30.2 Å². The van der Waals surface area contributed by atoms with Gasteiger partial charge in [0, 0.05) is 12.3 Å². The number of thioether (sulfide) groups is 1. The molecule has 142 valence electrons. The Labute approximate surface area is 167 Å². The molecule has 0 aromatic heterocycles. The van der Waals surface area contributed by atoms with Crippen molar-refractivity contribution in [2.45, 2.75) is 12.3 Å². The van der Waals surface area contributed by atoms with Crippen LogP contribution in [0.2, 0.25) is 0 Å². The number of allylic oxidation sites excluding steroid dienone is 1. The number of fused-ring (bicyclic) bond motifs is 1. The van der Waals surface area contributed by atoms with Crippen LogP contribution in [0.5, 0.6) is 5.75 Å². The van der Waals surface area contributed by atoms with E-state index in [1.165, 1.54) is 17.8 Å². The fraction of sp³-hybridized carbons (Fsp3) is 0.238. The smallest absolute Gasteiger partial charge is 0.229 e. The summed E-state index contributed by atoms with van der Waals surface area (Å²) in [5.41, 5.74) is 1.91. The van der Waals surface area contributed by atoms with Crippen LogP contribution < -0.4 is 9.64 Å². The molecule has 1 amide bonds. The lowest BCUT2D eigenvalue weighted by atomic mass is 9.86. The maximum atomic E-state index is 14.2. The third-order valence-electron chi connectivity index (χ3n) is 4.98. The predicted octanol–water partition coefficient (Wildman–Crippen LogP) is 4.05. The molecule has 2 heterocycles. The molecule has 2 aromatic carbocycles. The van der Waals surface area contributed by atoms with Crippen molar-refractivity contribution in [1.29, 1.82) is 5.26 Å². The number of methoxy groups -OCH3 is 1. The Bertz CT molecular complexity index is 1000. The summed E-state index contributed by atoms with van der Waals surface area (Å²) in [5, 5.41) is 10.5. The summed E-state index contributed by atoms with van der Waals surface area (Å²) in [6.45, 7) is 0.234. The number of hydrogen-bond acceptors (Lipinski definition) is 5. The predicted molar refractivity (Wildman–Crippen MR) is 106 cm³/mol. The highest BCUT2D eigenvalue weighted by molar-refractivity contribution is 8.03. The molecule has 7 heteroatoms. The first-order valence-electron chi connectivity index (χ1n) is 8.83. The van der Waals surface area contributed by atoms with Gasteiger partial charge in [-0.25, -0.2) is 4.39 Å². The number of carbonyl (C=O) groups is 1. The zero-order chi connectivity index (χ0) is 19.7. The van der Waals surface area contributed by atoms with Gasteiger partial charge in [-0.2, -0.15) is 5.26 Å². The summed E-state index contributed by atoms with van der Waals surface area (Å²) < 4.78 is 19.4. The van der Waals surface area contributed by atoms with Crippen molar-refractivity contribution >= 4 is 23.4 Å². The highest BCUT2D eigenvalue weighted by atomic mass is 32.2. The van der Waals surface area contributed by atoms with Crippen LogP contribution in [0.4, 0.5) is 10.1 Å². The number of halogens is 1. The molecular formula is C21H18FN3O2S. The van der Waals surface area contributed by atoms with Crippen LogP contribution in [0, 0.1) is 17.1 Å². The molecule has 0 saturated carbocycles. The molecule has 5 nitrogen and oxygen atoms in total. The molecule has 28 heavy (non-hydrogen) atoms. The SMILES string of the molecule is COc1cccc([C@H]2CC(=O)N3CN(c4ccccc4F)CSC3=C2C#N)c1. The van der Waals surface area contributed by atoms with E-state index in [4.69, 9.17) is 4.74 Å². The molecule has 0 bridgehead atoms. The van der Waals surface area contributed by atoms with Crippen molar-refractivity contribution < 1.29 is 13.9 Å². The molecule has 1 atom stereocenters. The zero-order valence-electron chi connectivity index (χ0n) is 15.3. The number of benzene rings is 2. The van der Waals surface area contributed by atoms with Crippen LogP contribution in [-0.2, 0) is 4.79 Å². The number of carbonyl (C=O) groups excluding carboxylic acids is 1. The number of para-hydroxylation sites is 1. The fourth-order valence-corrected chi connectivity index (χ4v) is 4.72. The number of nitriles is 1. The molecule has 4 rings (SSSR count). The summed E-state index contributed by atoms with van der Waals surface area (Å²) in [5.74, 6) is 0.462. The van der Waals surface area contributed by atoms with Gasteiger partial charge < -0.3 is 9.64 Å². The Morgan fingerprint density at radius 3 is 2.82 bits per heavy atom. The van der Waals surface area contributed by atoms with E-state index in [0.717, 1.165) is 5.56 Å². The molecule has 0 N–H and O–H groups in total. The van der Waals surface area contributed by atoms with Crippen LogP contribution in [0.3, 0.4) is 0 Å². The molecule has 0 unspecified atom stereocenters. The van der Waals surface area contributed by atoms with Crippen LogP contribution in [0.25, 0.3) is 0 Å². The van der Waals surface area contributed by atoms with Gasteiger partial charge in [0.2, 0.25) is 5.91 Å². The molecule has 0 spiro atoms. The summed E-state index contributed by atoms with van der Waals surface area (Å²) in [6, 6.07) is 16.3. The molecule has 0 aliphatic carbocycles. The second kappa shape index (κ2) is 7.56. The first-order valence-corrected chi connectivity index (χ1v) is 9.81. The maximum absolute atomic E-state index is 14.2. The molecular weight excluding hydrogens is 377 g/mol. The van der Waals surface area contributed by atoms with E-state index in [0.29, 0.717) is 27.9 Å². The number of nitrogens with zero attached hydrogens (tertiary/aromatic N) is 3. The summed E-state index contributed by atoms with van der Waals surface area (Å²) in [4.78, 5) is 16.3. The fourth-order valence-electron chi connectivity index (χ4n) is 3.57. The van der Waals surface area contributed by atoms with Crippen LogP contribution in [-0.4, -0.2) is 30.5 Å². The van der Waals surface area contributed by atoms with Gasteiger partial charge in [0.15, 0.2) is 0 Å². The van der Waals surface area contributed by atoms with Crippen molar-refractivity contribution in [3.05, 3.63) is 70.5 Å². The lowest BCUT2D eigenvalue weighted by Gasteiger charge is -2.42. The minimum Gasteiger partial charge on any atom is -0.497 e. The minimum absolute atomic E-state index is 0.0737. The number of amides is 1. The van der Waals surface area contributed by atoms with Crippen molar-refractivity contribution in [2.75, 3.05) is 24.6 Å². The molecule has 2 aromatic rings. The third-order valence-corrected chi connectivity index (χ3v) is 6.14. The van der Waals surface area contributed by atoms with Gasteiger partial charge in [-0.15, -0.1) is 0 Å².